The van der Waals surface area contributed by atoms with Crippen molar-refractivity contribution in [1.29, 1.82) is 0 Å². The van der Waals surface area contributed by atoms with Gasteiger partial charge in [0, 0.05) is 18.2 Å². The van der Waals surface area contributed by atoms with Crippen molar-refractivity contribution in [3.05, 3.63) is 0 Å². The van der Waals surface area contributed by atoms with Gasteiger partial charge in [0.15, 0.2) is 0 Å². The predicted octanol–water partition coefficient (Wildman–Crippen LogP) is 4.29. The molecule has 0 radical (unpaired) electrons. The van der Waals surface area contributed by atoms with Crippen LogP contribution in [0.3, 0.4) is 0 Å². The quantitative estimate of drug-likeness (QED) is 0.125. The van der Waals surface area contributed by atoms with E-state index in [1.54, 1.807) is 0 Å². The third-order valence-electron chi connectivity index (χ3n) is 3.78. The average molecular weight is 491 g/mol. The molecule has 0 aromatic heterocycles. The first-order valence-electron chi connectivity index (χ1n) is 8.02. The summed E-state index contributed by atoms with van der Waals surface area (Å²) in [5, 5.41) is 0.456. The minimum absolute atomic E-state index is 0. The fraction of sp³-hybridized carbons (Fsp3) is 0.929. The topological polar surface area (TPSA) is 91.7 Å². The number of carboxylic acids is 1. The van der Waals surface area contributed by atoms with E-state index in [1.807, 2.05) is 0 Å². The van der Waals surface area contributed by atoms with E-state index in [0.717, 1.165) is 0 Å². The Morgan fingerprint density at radius 2 is 1.36 bits per heavy atom. The van der Waals surface area contributed by atoms with Crippen LogP contribution in [0.1, 0.15) is 57.8 Å². The zero-order valence-corrected chi connectivity index (χ0v) is 15.7. The molecule has 0 aromatic rings. The van der Waals surface area contributed by atoms with Crippen LogP contribution in [0.25, 0.3) is 0 Å². The van der Waals surface area contributed by atoms with Crippen LogP contribution in [0.2, 0.25) is 0 Å². The first kappa shape index (κ1) is 31.1. The first-order chi connectivity index (χ1) is 12.1. The summed E-state index contributed by atoms with van der Waals surface area (Å²) >= 11 is 5.50. The van der Waals surface area contributed by atoms with Crippen LogP contribution < -0.4 is 0 Å². The Kier molecular flexibility index (Phi) is 14.1. The van der Waals surface area contributed by atoms with E-state index < -0.39 is 45.0 Å². The zero-order chi connectivity index (χ0) is 21.5. The third-order valence-corrected chi connectivity index (χ3v) is 5.06. The third kappa shape index (κ3) is 9.35. The van der Waals surface area contributed by atoms with Crippen molar-refractivity contribution in [2.75, 3.05) is 0 Å². The van der Waals surface area contributed by atoms with Crippen molar-refractivity contribution in [1.82, 2.24) is 0 Å². The first-order valence-corrected chi connectivity index (χ1v) is 9.90. The van der Waals surface area contributed by atoms with Gasteiger partial charge in [0.05, 0.1) is 0 Å². The van der Waals surface area contributed by atoms with Crippen LogP contribution in [0.4, 0.5) is 26.3 Å². The Morgan fingerprint density at radius 1 is 0.929 bits per heavy atom. The molecule has 0 aliphatic carbocycles. The number of hydrogen-bond donors (Lipinski definition) is 2. The van der Waals surface area contributed by atoms with Gasteiger partial charge in [0.2, 0.25) is 0 Å². The van der Waals surface area contributed by atoms with Gasteiger partial charge in [-0.1, -0.05) is 32.1 Å². The fourth-order valence-electron chi connectivity index (χ4n) is 2.23. The maximum atomic E-state index is 13.5. The second kappa shape index (κ2) is 12.7. The van der Waals surface area contributed by atoms with E-state index in [4.69, 9.17) is 21.3 Å². The normalized spacial score (nSPS) is 14.4. The predicted molar refractivity (Wildman–Crippen MR) is 92.4 cm³/mol. The fourth-order valence-corrected chi connectivity index (χ4v) is 3.05. The summed E-state index contributed by atoms with van der Waals surface area (Å²) in [6, 6.07) is 0. The Morgan fingerprint density at radius 3 is 1.79 bits per heavy atom. The zero-order valence-electron chi connectivity index (χ0n) is 14.1. The van der Waals surface area contributed by atoms with E-state index in [1.165, 1.54) is 0 Å². The molecule has 2 N–H and O–H groups in total. The van der Waals surface area contributed by atoms with Gasteiger partial charge in [0.1, 0.15) is 0 Å². The molecule has 5 nitrogen and oxygen atoms in total. The van der Waals surface area contributed by atoms with Gasteiger partial charge in [-0.15, -0.1) is 11.6 Å². The molecular formula is C14H22ClF6KO5S. The second-order valence-electron chi connectivity index (χ2n) is 6.13. The summed E-state index contributed by atoms with van der Waals surface area (Å²) in [6.45, 7) is 0. The molecular weight excluding hydrogens is 469 g/mol. The van der Waals surface area contributed by atoms with Crippen molar-refractivity contribution < 1.29 is 49.2 Å². The number of unbranched alkanes of at least 4 members (excludes halogenated alkanes) is 5. The maximum absolute atomic E-state index is 13.5. The minimum atomic E-state index is -6.76. The second-order valence-corrected chi connectivity index (χ2v) is 8.21. The van der Waals surface area contributed by atoms with E-state index in [2.05, 4.69) is 0 Å². The summed E-state index contributed by atoms with van der Waals surface area (Å²) in [7, 11) is -6.76. The van der Waals surface area contributed by atoms with Gasteiger partial charge in [-0.2, -0.15) is 34.8 Å². The summed E-state index contributed by atoms with van der Waals surface area (Å²) in [5.41, 5.74) is 0. The monoisotopic (exact) mass is 490 g/mol. The summed E-state index contributed by atoms with van der Waals surface area (Å²) in [5.74, 6) is -12.7. The number of aliphatic carboxylic acids is 1. The molecule has 0 aromatic carbocycles. The van der Waals surface area contributed by atoms with Gasteiger partial charge in [0.25, 0.3) is 0 Å². The van der Waals surface area contributed by atoms with Gasteiger partial charge in [-0.05, 0) is 12.8 Å². The number of carbonyl (C=O) groups is 1. The van der Waals surface area contributed by atoms with Crippen molar-refractivity contribution >= 4 is 79.1 Å². The average Bonchev–Trinajstić information content (AvgIpc) is 2.47. The van der Waals surface area contributed by atoms with Crippen LogP contribution in [0.15, 0.2) is 0 Å². The molecule has 1 unspecified atom stereocenters. The van der Waals surface area contributed by atoms with Crippen molar-refractivity contribution in [2.24, 2.45) is 0 Å². The van der Waals surface area contributed by atoms with E-state index >= 15 is 0 Å². The van der Waals surface area contributed by atoms with Gasteiger partial charge < -0.3 is 5.11 Å². The molecule has 0 saturated heterocycles. The SMILES string of the molecule is O=C(O)CCCCCCCCC(Cl)CC(F)(F)C(F)(F)C(F)(F)S(=O)(=O)O.[KH]. The van der Waals surface area contributed by atoms with Crippen molar-refractivity contribution in [3.8, 4) is 0 Å². The Bertz CT molecular complexity index is 591. The Labute approximate surface area is 206 Å². The van der Waals surface area contributed by atoms with Crippen LogP contribution in [0, 0.1) is 0 Å². The Balaban J connectivity index is 0. The summed E-state index contributed by atoms with van der Waals surface area (Å²) < 4.78 is 108. The van der Waals surface area contributed by atoms with Crippen molar-refractivity contribution in [2.45, 2.75) is 80.3 Å². The molecule has 0 aliphatic heterocycles. The summed E-state index contributed by atoms with van der Waals surface area (Å²) in [6.07, 6.45) is 1.09. The van der Waals surface area contributed by atoms with Gasteiger partial charge >= 0.3 is 84.6 Å². The van der Waals surface area contributed by atoms with E-state index in [9.17, 15) is 39.6 Å². The van der Waals surface area contributed by atoms with Gasteiger partial charge in [-0.3, -0.25) is 9.35 Å². The number of carboxylic acid groups (broad SMARTS) is 1. The van der Waals surface area contributed by atoms with Crippen LogP contribution in [0.5, 0.6) is 0 Å². The van der Waals surface area contributed by atoms with Crippen LogP contribution >= 0.6 is 11.6 Å². The molecule has 0 amide bonds. The number of alkyl halides is 7. The number of rotatable bonds is 14. The van der Waals surface area contributed by atoms with Crippen LogP contribution in [-0.4, -0.2) is 97.9 Å². The number of hydrogen-bond acceptors (Lipinski definition) is 3. The standard InChI is InChI=1S/C14H21ClF6O5S.K.H/c15-10(7-5-3-1-2-4-6-8-11(22)23)9-12(16,17)13(18,19)14(20,21)27(24,25)26;;/h10H,1-9H2,(H,22,23)(H,24,25,26);;. The molecule has 1 atom stereocenters. The molecule has 14 heteroatoms. The van der Waals surface area contributed by atoms with E-state index in [0.29, 0.717) is 32.1 Å². The van der Waals surface area contributed by atoms with Crippen molar-refractivity contribution in [3.63, 3.8) is 0 Å². The number of halogens is 7. The molecule has 0 spiro atoms. The molecule has 28 heavy (non-hydrogen) atoms. The molecule has 0 saturated carbocycles. The van der Waals surface area contributed by atoms with E-state index in [-0.39, 0.29) is 70.6 Å². The van der Waals surface area contributed by atoms with Crippen LogP contribution in [-0.2, 0) is 14.9 Å². The molecule has 0 bridgehead atoms. The van der Waals surface area contributed by atoms with Gasteiger partial charge in [-0.25, -0.2) is 0 Å². The Hall–Kier alpha value is 0.886. The molecule has 0 fully saturated rings. The molecule has 0 heterocycles. The summed E-state index contributed by atoms with van der Waals surface area (Å²) in [4.78, 5) is 10.3. The molecule has 0 aliphatic rings. The molecule has 164 valence electrons. The molecule has 0 rings (SSSR count).